The standard InChI is InChI=1S/C21H20F3N5O4/c1-31-15-3-2-4-16(11-15)32-13-18(30)29-9-7-28(8-10-29)17-6-5-14(12-25-17)19-26-20(33-27-19)21(22,23)24/h2-6,11-12H,7-10,13H2,1H3. The molecule has 3 aromatic rings. The van der Waals surface area contributed by atoms with E-state index in [1.165, 1.54) is 6.20 Å². The number of aromatic nitrogens is 3. The molecule has 0 atom stereocenters. The predicted molar refractivity (Wildman–Crippen MR) is 110 cm³/mol. The molecule has 12 heteroatoms. The van der Waals surface area contributed by atoms with E-state index in [0.717, 1.165) is 0 Å². The Morgan fingerprint density at radius 2 is 1.88 bits per heavy atom. The third kappa shape index (κ3) is 5.33. The first-order valence-electron chi connectivity index (χ1n) is 10.0. The summed E-state index contributed by atoms with van der Waals surface area (Å²) in [5, 5.41) is 3.35. The van der Waals surface area contributed by atoms with Crippen LogP contribution in [0.1, 0.15) is 5.89 Å². The number of pyridine rings is 1. The summed E-state index contributed by atoms with van der Waals surface area (Å²) in [5.41, 5.74) is 0.307. The molecule has 0 unspecified atom stereocenters. The van der Waals surface area contributed by atoms with Crippen LogP contribution in [0.4, 0.5) is 19.0 Å². The topological polar surface area (TPSA) is 93.8 Å². The number of hydrogen-bond donors (Lipinski definition) is 0. The Hall–Kier alpha value is -3.83. The lowest BCUT2D eigenvalue weighted by Gasteiger charge is -2.35. The summed E-state index contributed by atoms with van der Waals surface area (Å²) in [6, 6.07) is 10.3. The second-order valence-electron chi connectivity index (χ2n) is 7.16. The van der Waals surface area contributed by atoms with Crippen LogP contribution in [0.25, 0.3) is 11.4 Å². The van der Waals surface area contributed by atoms with Gasteiger partial charge in [-0.25, -0.2) is 4.98 Å². The van der Waals surface area contributed by atoms with Crippen molar-refractivity contribution in [1.29, 1.82) is 0 Å². The Balaban J connectivity index is 1.29. The van der Waals surface area contributed by atoms with Crippen molar-refractivity contribution in [3.8, 4) is 22.9 Å². The Morgan fingerprint density at radius 3 is 2.52 bits per heavy atom. The molecule has 1 fully saturated rings. The third-order valence-corrected chi connectivity index (χ3v) is 5.03. The van der Waals surface area contributed by atoms with E-state index in [4.69, 9.17) is 9.47 Å². The van der Waals surface area contributed by atoms with Gasteiger partial charge in [0.25, 0.3) is 5.91 Å². The van der Waals surface area contributed by atoms with Gasteiger partial charge in [0.15, 0.2) is 6.61 Å². The SMILES string of the molecule is COc1cccc(OCC(=O)N2CCN(c3ccc(-c4noc(C(F)(F)F)n4)cn3)CC2)c1. The van der Waals surface area contributed by atoms with Crippen molar-refractivity contribution in [3.63, 3.8) is 0 Å². The number of carbonyl (C=O) groups excluding carboxylic acids is 1. The van der Waals surface area contributed by atoms with Crippen LogP contribution in [0.5, 0.6) is 11.5 Å². The van der Waals surface area contributed by atoms with Crippen molar-refractivity contribution in [1.82, 2.24) is 20.0 Å². The number of piperazine rings is 1. The van der Waals surface area contributed by atoms with E-state index >= 15 is 0 Å². The van der Waals surface area contributed by atoms with E-state index in [-0.39, 0.29) is 18.3 Å². The fraction of sp³-hybridized carbons (Fsp3) is 0.333. The molecule has 9 nitrogen and oxygen atoms in total. The first-order valence-corrected chi connectivity index (χ1v) is 10.0. The van der Waals surface area contributed by atoms with E-state index < -0.39 is 12.1 Å². The lowest BCUT2D eigenvalue weighted by molar-refractivity contribution is -0.159. The molecule has 1 aliphatic rings. The van der Waals surface area contributed by atoms with Gasteiger partial charge < -0.3 is 23.8 Å². The van der Waals surface area contributed by atoms with Crippen molar-refractivity contribution in [2.45, 2.75) is 6.18 Å². The first kappa shape index (κ1) is 22.4. The van der Waals surface area contributed by atoms with E-state index in [2.05, 4.69) is 19.6 Å². The average Bonchev–Trinajstić information content (AvgIpc) is 3.34. The lowest BCUT2D eigenvalue weighted by Crippen LogP contribution is -2.50. The molecule has 1 aromatic carbocycles. The molecule has 0 bridgehead atoms. The van der Waals surface area contributed by atoms with Gasteiger partial charge in [-0.05, 0) is 24.3 Å². The maximum Gasteiger partial charge on any atom is 0.471 e. The summed E-state index contributed by atoms with van der Waals surface area (Å²) < 4.78 is 52.8. The van der Waals surface area contributed by atoms with Gasteiger partial charge in [-0.2, -0.15) is 18.2 Å². The van der Waals surface area contributed by atoms with Crippen molar-refractivity contribution >= 4 is 11.7 Å². The number of ether oxygens (including phenoxy) is 2. The Bertz CT molecular complexity index is 1100. The number of methoxy groups -OCH3 is 1. The number of alkyl halides is 3. The maximum absolute atomic E-state index is 12.6. The highest BCUT2D eigenvalue weighted by atomic mass is 19.4. The maximum atomic E-state index is 12.6. The molecular formula is C21H20F3N5O4. The number of halogens is 3. The fourth-order valence-electron chi connectivity index (χ4n) is 3.27. The normalized spacial score (nSPS) is 14.3. The average molecular weight is 463 g/mol. The number of amides is 1. The predicted octanol–water partition coefficient (Wildman–Crippen LogP) is 2.89. The molecule has 1 amide bonds. The number of carbonyl (C=O) groups is 1. The van der Waals surface area contributed by atoms with Gasteiger partial charge in [0.2, 0.25) is 5.82 Å². The molecule has 0 spiro atoms. The molecule has 2 aromatic heterocycles. The van der Waals surface area contributed by atoms with E-state index in [1.54, 1.807) is 48.4 Å². The summed E-state index contributed by atoms with van der Waals surface area (Å²) in [4.78, 5) is 23.8. The van der Waals surface area contributed by atoms with Crippen LogP contribution in [0.3, 0.4) is 0 Å². The van der Waals surface area contributed by atoms with Gasteiger partial charge in [0, 0.05) is 44.0 Å². The molecule has 4 rings (SSSR count). The smallest absolute Gasteiger partial charge is 0.471 e. The van der Waals surface area contributed by atoms with Crippen LogP contribution >= 0.6 is 0 Å². The molecule has 33 heavy (non-hydrogen) atoms. The van der Waals surface area contributed by atoms with Crippen LogP contribution in [-0.2, 0) is 11.0 Å². The monoisotopic (exact) mass is 463 g/mol. The van der Waals surface area contributed by atoms with Gasteiger partial charge in [0.05, 0.1) is 7.11 Å². The van der Waals surface area contributed by atoms with Gasteiger partial charge in [0.1, 0.15) is 17.3 Å². The molecule has 0 radical (unpaired) electrons. The van der Waals surface area contributed by atoms with Crippen LogP contribution in [-0.4, -0.2) is 65.8 Å². The van der Waals surface area contributed by atoms with Gasteiger partial charge in [-0.1, -0.05) is 11.2 Å². The number of nitrogens with zero attached hydrogens (tertiary/aromatic N) is 5. The van der Waals surface area contributed by atoms with Gasteiger partial charge in [-0.3, -0.25) is 4.79 Å². The second-order valence-corrected chi connectivity index (χ2v) is 7.16. The highest BCUT2D eigenvalue weighted by molar-refractivity contribution is 5.78. The van der Waals surface area contributed by atoms with Crippen LogP contribution in [0, 0.1) is 0 Å². The first-order chi connectivity index (χ1) is 15.8. The summed E-state index contributed by atoms with van der Waals surface area (Å²) >= 11 is 0. The Labute approximate surface area is 186 Å². The molecule has 174 valence electrons. The third-order valence-electron chi connectivity index (χ3n) is 5.03. The number of rotatable bonds is 6. The number of hydrogen-bond acceptors (Lipinski definition) is 8. The quantitative estimate of drug-likeness (QED) is 0.551. The number of benzene rings is 1. The zero-order chi connectivity index (χ0) is 23.4. The Kier molecular flexibility index (Phi) is 6.33. The molecule has 3 heterocycles. The highest BCUT2D eigenvalue weighted by Crippen LogP contribution is 2.29. The van der Waals surface area contributed by atoms with Gasteiger partial charge >= 0.3 is 12.1 Å². The molecule has 0 saturated carbocycles. The summed E-state index contributed by atoms with van der Waals surface area (Å²) in [6.07, 6.45) is -3.31. The molecule has 1 aliphatic heterocycles. The minimum absolute atomic E-state index is 0.0786. The zero-order valence-corrected chi connectivity index (χ0v) is 17.6. The van der Waals surface area contributed by atoms with Crippen molar-refractivity contribution in [3.05, 3.63) is 48.5 Å². The molecule has 0 aliphatic carbocycles. The van der Waals surface area contributed by atoms with Crippen molar-refractivity contribution in [2.24, 2.45) is 0 Å². The van der Waals surface area contributed by atoms with Crippen molar-refractivity contribution < 1.29 is 32.0 Å². The Morgan fingerprint density at radius 1 is 1.12 bits per heavy atom. The summed E-state index contributed by atoms with van der Waals surface area (Å²) in [6.45, 7) is 2.01. The molecule has 1 saturated heterocycles. The van der Waals surface area contributed by atoms with Crippen LogP contribution in [0.2, 0.25) is 0 Å². The van der Waals surface area contributed by atoms with Crippen LogP contribution in [0.15, 0.2) is 47.1 Å². The zero-order valence-electron chi connectivity index (χ0n) is 17.6. The minimum Gasteiger partial charge on any atom is -0.497 e. The minimum atomic E-state index is -4.70. The molecular weight excluding hydrogens is 443 g/mol. The van der Waals surface area contributed by atoms with E-state index in [9.17, 15) is 18.0 Å². The lowest BCUT2D eigenvalue weighted by atomic mass is 10.2. The van der Waals surface area contributed by atoms with Crippen molar-refractivity contribution in [2.75, 3.05) is 44.8 Å². The largest absolute Gasteiger partial charge is 0.497 e. The van der Waals surface area contributed by atoms with Gasteiger partial charge in [-0.15, -0.1) is 0 Å². The second kappa shape index (κ2) is 9.35. The van der Waals surface area contributed by atoms with E-state index in [1.807, 2.05) is 4.90 Å². The summed E-state index contributed by atoms with van der Waals surface area (Å²) in [7, 11) is 1.56. The van der Waals surface area contributed by atoms with Crippen LogP contribution < -0.4 is 14.4 Å². The molecule has 0 N–H and O–H groups in total. The summed E-state index contributed by atoms with van der Waals surface area (Å²) in [5.74, 6) is 0.115. The number of anilines is 1. The fourth-order valence-corrected chi connectivity index (χ4v) is 3.27. The highest BCUT2D eigenvalue weighted by Gasteiger charge is 2.38. The van der Waals surface area contributed by atoms with E-state index in [0.29, 0.717) is 49.1 Å².